The Morgan fingerprint density at radius 3 is 2.12 bits per heavy atom. The lowest BCUT2D eigenvalue weighted by Gasteiger charge is -2.31. The van der Waals surface area contributed by atoms with Gasteiger partial charge < -0.3 is 0 Å². The quantitative estimate of drug-likeness (QED) is 0.178. The number of carbonyl (C=O) groups excluding carboxylic acids is 1. The van der Waals surface area contributed by atoms with Gasteiger partial charge in [0.2, 0.25) is 0 Å². The number of fused-ring (bicyclic) bond motifs is 1. The number of phosphoric acid groups is 1. The monoisotopic (exact) mass is 736 g/mol. The highest BCUT2D eigenvalue weighted by atomic mass is 32.1. The molecule has 0 saturated heterocycles. The number of amides is 1. The highest BCUT2D eigenvalue weighted by Crippen LogP contribution is 2.55. The number of nitrogens with zero attached hydrogens (tertiary/aromatic N) is 6. The molecule has 4 aromatic rings. The molecule has 4 rings (SSSR count). The van der Waals surface area contributed by atoms with Crippen molar-refractivity contribution in [2.45, 2.75) is 72.1 Å². The fraction of sp³-hybridized carbons (Fsp3) is 0.483. The van der Waals surface area contributed by atoms with Crippen LogP contribution in [0.1, 0.15) is 52.8 Å². The summed E-state index contributed by atoms with van der Waals surface area (Å²) >= 11 is 0.682. The summed E-state index contributed by atoms with van der Waals surface area (Å²) in [7, 11) is -0.378. The van der Waals surface area contributed by atoms with E-state index < -0.39 is 78.3 Å². The molecule has 49 heavy (non-hydrogen) atoms. The second kappa shape index (κ2) is 13.2. The number of hydrogen-bond donors (Lipinski definition) is 0. The standard InChI is InChI=1S/C29H34F5N6O7PS/c1-27(2,3)46-48(44,47-28(4,5)6)45-14-40-18(15-10-11-16(30)21(22(15)31)29(32,33)34)13-49-25(40)35-19(41)12-17-20-23(36-39(17)9)37(7)26(43)38(8)24(20)42/h10-11,13H,12,14H2,1-9H3. The summed E-state index contributed by atoms with van der Waals surface area (Å²) in [6, 6.07) is 1.20. The minimum absolute atomic E-state index is 0.0148. The van der Waals surface area contributed by atoms with Crippen LogP contribution in [0.4, 0.5) is 22.0 Å². The molecule has 0 spiro atoms. The summed E-state index contributed by atoms with van der Waals surface area (Å²) in [6.45, 7) is 8.56. The third-order valence-corrected chi connectivity index (χ3v) is 9.50. The first-order valence-corrected chi connectivity index (χ1v) is 16.8. The summed E-state index contributed by atoms with van der Waals surface area (Å²) in [4.78, 5) is 42.5. The van der Waals surface area contributed by atoms with Gasteiger partial charge in [-0.3, -0.25) is 41.5 Å². The molecular weight excluding hydrogens is 702 g/mol. The molecule has 0 aliphatic carbocycles. The van der Waals surface area contributed by atoms with Gasteiger partial charge in [0.1, 0.15) is 29.3 Å². The first-order chi connectivity index (χ1) is 22.3. The second-order valence-corrected chi connectivity index (χ2v) is 15.2. The van der Waals surface area contributed by atoms with Crippen LogP contribution in [0.2, 0.25) is 0 Å². The predicted molar refractivity (Wildman–Crippen MR) is 169 cm³/mol. The van der Waals surface area contributed by atoms with Crippen molar-refractivity contribution in [3.63, 3.8) is 0 Å². The normalized spacial score (nSPS) is 13.6. The summed E-state index contributed by atoms with van der Waals surface area (Å²) in [5, 5.41) is 5.31. The SMILES string of the molecule is Cn1nc2c(c1CC(=O)N=c1scc(-c3ccc(F)c(C(F)(F)F)c3F)n1COP(=O)(OC(C)(C)C)OC(C)(C)C)c(=O)n(C)c(=O)n2C. The molecule has 3 heterocycles. The van der Waals surface area contributed by atoms with Gasteiger partial charge in [0, 0.05) is 32.1 Å². The van der Waals surface area contributed by atoms with Crippen molar-refractivity contribution in [1.82, 2.24) is 23.5 Å². The first-order valence-electron chi connectivity index (χ1n) is 14.4. The van der Waals surface area contributed by atoms with E-state index in [1.54, 1.807) is 41.5 Å². The number of carbonyl (C=O) groups is 1. The molecule has 0 aliphatic rings. The van der Waals surface area contributed by atoms with E-state index >= 15 is 4.39 Å². The highest BCUT2D eigenvalue weighted by Gasteiger charge is 2.40. The Kier molecular flexibility index (Phi) is 10.2. The van der Waals surface area contributed by atoms with Crippen molar-refractivity contribution in [3.05, 3.63) is 66.0 Å². The van der Waals surface area contributed by atoms with Crippen LogP contribution >= 0.6 is 19.2 Å². The molecule has 0 saturated carbocycles. The highest BCUT2D eigenvalue weighted by molar-refractivity contribution is 7.48. The van der Waals surface area contributed by atoms with Gasteiger partial charge >= 0.3 is 19.7 Å². The largest absolute Gasteiger partial charge is 0.477 e. The Labute approximate surface area is 279 Å². The molecule has 0 unspecified atom stereocenters. The van der Waals surface area contributed by atoms with Crippen LogP contribution in [0, 0.1) is 11.6 Å². The van der Waals surface area contributed by atoms with Crippen molar-refractivity contribution in [1.29, 1.82) is 0 Å². The molecular formula is C29H34F5N6O7PS. The third kappa shape index (κ3) is 8.17. The van der Waals surface area contributed by atoms with E-state index in [1.807, 2.05) is 0 Å². The molecule has 13 nitrogen and oxygen atoms in total. The molecule has 1 aromatic carbocycles. The maximum Gasteiger partial charge on any atom is 0.477 e. The van der Waals surface area contributed by atoms with Crippen LogP contribution in [0.15, 0.2) is 32.1 Å². The maximum absolute atomic E-state index is 15.4. The van der Waals surface area contributed by atoms with Crippen molar-refractivity contribution >= 4 is 36.1 Å². The van der Waals surface area contributed by atoms with Crippen LogP contribution in [0.3, 0.4) is 0 Å². The molecule has 268 valence electrons. The van der Waals surface area contributed by atoms with E-state index in [9.17, 15) is 36.5 Å². The van der Waals surface area contributed by atoms with Gasteiger partial charge in [-0.2, -0.15) is 23.3 Å². The minimum atomic E-state index is -5.39. The molecule has 0 aliphatic heterocycles. The number of aryl methyl sites for hydroxylation is 2. The van der Waals surface area contributed by atoms with Gasteiger partial charge in [-0.25, -0.2) is 18.1 Å². The number of hydrogen-bond acceptors (Lipinski definition) is 9. The molecule has 0 bridgehead atoms. The number of aromatic nitrogens is 5. The van der Waals surface area contributed by atoms with Crippen molar-refractivity contribution in [2.75, 3.05) is 0 Å². The van der Waals surface area contributed by atoms with E-state index in [1.165, 1.54) is 25.8 Å². The Morgan fingerprint density at radius 2 is 1.57 bits per heavy atom. The fourth-order valence-corrected chi connectivity index (χ4v) is 7.34. The Hall–Kier alpha value is -3.77. The van der Waals surface area contributed by atoms with E-state index in [2.05, 4.69) is 10.1 Å². The van der Waals surface area contributed by atoms with Crippen molar-refractivity contribution in [2.24, 2.45) is 26.1 Å². The Bertz CT molecular complexity index is 2160. The van der Waals surface area contributed by atoms with Crippen molar-refractivity contribution in [3.8, 4) is 11.3 Å². The second-order valence-electron chi connectivity index (χ2n) is 12.9. The maximum atomic E-state index is 15.4. The zero-order chi connectivity index (χ0) is 37.0. The van der Waals surface area contributed by atoms with Gasteiger partial charge in [0.25, 0.3) is 11.5 Å². The van der Waals surface area contributed by atoms with Gasteiger partial charge in [-0.05, 0) is 53.7 Å². The summed E-state index contributed by atoms with van der Waals surface area (Å²) in [5.41, 5.74) is -6.62. The lowest BCUT2D eigenvalue weighted by atomic mass is 10.1. The molecule has 0 N–H and O–H groups in total. The van der Waals surface area contributed by atoms with E-state index in [0.29, 0.717) is 17.4 Å². The van der Waals surface area contributed by atoms with Gasteiger partial charge in [0.05, 0.1) is 29.0 Å². The van der Waals surface area contributed by atoms with Crippen LogP contribution in [0.25, 0.3) is 22.3 Å². The van der Waals surface area contributed by atoms with Crippen LogP contribution < -0.4 is 16.1 Å². The molecule has 20 heteroatoms. The molecule has 0 radical (unpaired) electrons. The Balaban J connectivity index is 1.88. The van der Waals surface area contributed by atoms with Gasteiger partial charge in [-0.1, -0.05) is 0 Å². The number of rotatable bonds is 8. The lowest BCUT2D eigenvalue weighted by molar-refractivity contribution is -0.142. The predicted octanol–water partition coefficient (Wildman–Crippen LogP) is 5.18. The fourth-order valence-electron chi connectivity index (χ4n) is 4.70. The van der Waals surface area contributed by atoms with Crippen molar-refractivity contribution < 1.29 is 44.9 Å². The summed E-state index contributed by atoms with van der Waals surface area (Å²) in [6.07, 6.45) is -5.93. The molecule has 1 amide bonds. The topological polar surface area (TPSA) is 141 Å². The first kappa shape index (κ1) is 38.0. The minimum Gasteiger partial charge on any atom is -0.292 e. The zero-order valence-corrected chi connectivity index (χ0v) is 29.6. The lowest BCUT2D eigenvalue weighted by Crippen LogP contribution is -2.37. The summed E-state index contributed by atoms with van der Waals surface area (Å²) < 4.78 is 105. The third-order valence-electron chi connectivity index (χ3n) is 6.66. The molecule has 0 fully saturated rings. The van der Waals surface area contributed by atoms with E-state index in [0.717, 1.165) is 25.1 Å². The van der Waals surface area contributed by atoms with Gasteiger partial charge in [-0.15, -0.1) is 11.3 Å². The molecule has 3 aromatic heterocycles. The Morgan fingerprint density at radius 1 is 0.980 bits per heavy atom. The molecule has 0 atom stereocenters. The summed E-state index contributed by atoms with van der Waals surface area (Å²) in [5.74, 6) is -4.68. The zero-order valence-electron chi connectivity index (χ0n) is 27.9. The smallest absolute Gasteiger partial charge is 0.292 e. The van der Waals surface area contributed by atoms with Crippen LogP contribution in [-0.4, -0.2) is 40.6 Å². The van der Waals surface area contributed by atoms with Crippen LogP contribution in [-0.2, 0) is 63.4 Å². The number of phosphoric ester groups is 1. The average Bonchev–Trinajstić information content (AvgIpc) is 3.46. The van der Waals surface area contributed by atoms with Gasteiger partial charge in [0.15, 0.2) is 10.4 Å². The van der Waals surface area contributed by atoms with E-state index in [4.69, 9.17) is 13.6 Å². The average molecular weight is 737 g/mol. The number of halogens is 5. The van der Waals surface area contributed by atoms with E-state index in [-0.39, 0.29) is 27.2 Å². The number of benzene rings is 1. The number of thiazole rings is 1. The number of alkyl halides is 3. The van der Waals surface area contributed by atoms with Crippen LogP contribution in [0.5, 0.6) is 0 Å².